The molecular weight excluding hydrogens is 502 g/mol. The highest BCUT2D eigenvalue weighted by atomic mass is 16.7. The number of hydrogen-bond acceptors (Lipinski definition) is 8. The van der Waals surface area contributed by atoms with Crippen LogP contribution in [0.2, 0.25) is 0 Å². The average molecular weight is 556 g/mol. The maximum absolute atomic E-state index is 13.4. The number of carbonyl (C=O) groups is 2. The van der Waals surface area contributed by atoms with E-state index in [-0.39, 0.29) is 42.7 Å². The van der Waals surface area contributed by atoms with E-state index in [4.69, 9.17) is 9.47 Å². The number of hydrogen-bond donors (Lipinski definition) is 4. The predicted molar refractivity (Wildman–Crippen MR) is 148 cm³/mol. The first kappa shape index (κ1) is 32.2. The van der Waals surface area contributed by atoms with Crippen LogP contribution in [0, 0.1) is 17.8 Å². The Hall–Kier alpha value is -1.30. The summed E-state index contributed by atoms with van der Waals surface area (Å²) in [6.07, 6.45) is 0.226. The molecule has 10 atom stereocenters. The molecule has 0 bridgehead atoms. The molecule has 39 heavy (non-hydrogen) atoms. The molecule has 0 unspecified atom stereocenters. The normalized spacial score (nSPS) is 43.0. The van der Waals surface area contributed by atoms with Crippen LogP contribution in [-0.4, -0.2) is 113 Å². The second-order valence-corrected chi connectivity index (χ2v) is 13.4. The van der Waals surface area contributed by atoms with Gasteiger partial charge in [0.25, 0.3) is 0 Å². The fraction of sp³-hybridized carbons (Fsp3) is 0.931. The third-order valence-corrected chi connectivity index (χ3v) is 9.32. The molecule has 1 saturated carbocycles. The van der Waals surface area contributed by atoms with E-state index >= 15 is 0 Å². The summed E-state index contributed by atoms with van der Waals surface area (Å²) in [6, 6.07) is -0.201. The van der Waals surface area contributed by atoms with E-state index in [1.807, 2.05) is 32.8 Å². The number of nitrogens with one attached hydrogen (secondary N) is 1. The van der Waals surface area contributed by atoms with Crippen LogP contribution in [0.3, 0.4) is 0 Å². The molecule has 3 aliphatic rings. The van der Waals surface area contributed by atoms with Gasteiger partial charge in [-0.2, -0.15) is 0 Å². The number of likely N-dealkylation sites (N-methyl/N-ethyl adjacent to an activating group) is 1. The molecule has 2 heterocycles. The molecule has 2 saturated heterocycles. The van der Waals surface area contributed by atoms with Gasteiger partial charge in [0.15, 0.2) is 6.29 Å². The first-order valence-electron chi connectivity index (χ1n) is 14.7. The van der Waals surface area contributed by atoms with E-state index in [0.29, 0.717) is 13.0 Å². The predicted octanol–water partition coefficient (Wildman–Crippen LogP) is 1.50. The Labute approximate surface area is 234 Å². The second kappa shape index (κ2) is 12.7. The van der Waals surface area contributed by atoms with Crippen molar-refractivity contribution >= 4 is 11.8 Å². The number of ether oxygens (including phenoxy) is 2. The Bertz CT molecular complexity index is 847. The van der Waals surface area contributed by atoms with E-state index in [1.165, 1.54) is 0 Å². The van der Waals surface area contributed by atoms with E-state index in [2.05, 4.69) is 5.32 Å². The van der Waals surface area contributed by atoms with Gasteiger partial charge >= 0.3 is 0 Å². The highest BCUT2D eigenvalue weighted by Crippen LogP contribution is 2.37. The van der Waals surface area contributed by atoms with Crippen LogP contribution in [0.25, 0.3) is 0 Å². The molecule has 1 aliphatic carbocycles. The maximum Gasteiger partial charge on any atom is 0.225 e. The van der Waals surface area contributed by atoms with Crippen molar-refractivity contribution in [1.82, 2.24) is 15.1 Å². The highest BCUT2D eigenvalue weighted by molar-refractivity contribution is 5.82. The van der Waals surface area contributed by atoms with Gasteiger partial charge in [-0.3, -0.25) is 9.59 Å². The second-order valence-electron chi connectivity index (χ2n) is 13.4. The molecule has 1 spiro atoms. The SMILES string of the molecule is C[C@H]1CN(C)C(=O)CC2(CCCC2)NC(=O)[C@H](C)[C@@H](O)[C@H](C)[C@@H](O[C@@H]2O[C@H](C)C[C@H](N(C)C)[C@H]2O)[C@](C)(O)C1. The molecule has 10 heteroatoms. The Balaban J connectivity index is 1.95. The fourth-order valence-corrected chi connectivity index (χ4v) is 7.08. The van der Waals surface area contributed by atoms with Crippen molar-refractivity contribution in [1.29, 1.82) is 0 Å². The maximum atomic E-state index is 13.4. The molecule has 0 aromatic carbocycles. The lowest BCUT2D eigenvalue weighted by molar-refractivity contribution is -0.299. The quantitative estimate of drug-likeness (QED) is 0.412. The Kier molecular flexibility index (Phi) is 10.5. The molecule has 3 rings (SSSR count). The molecule has 3 fully saturated rings. The Morgan fingerprint density at radius 1 is 1.08 bits per heavy atom. The van der Waals surface area contributed by atoms with Crippen molar-refractivity contribution in [3.63, 3.8) is 0 Å². The smallest absolute Gasteiger partial charge is 0.225 e. The molecule has 10 nitrogen and oxygen atoms in total. The summed E-state index contributed by atoms with van der Waals surface area (Å²) in [5, 5.41) is 37.6. The van der Waals surface area contributed by atoms with Crippen molar-refractivity contribution in [2.75, 3.05) is 27.7 Å². The zero-order chi connectivity index (χ0) is 29.3. The standard InChI is InChI=1S/C29H53N3O7/c1-17-14-28(5,37)25(39-27-24(35)21(31(6)7)13-18(2)38-27)19(3)23(34)20(4)26(36)30-29(11-9-10-12-29)15-22(33)32(8)16-17/h17-21,23-25,27,34-35,37H,9-16H2,1-8H3,(H,30,36)/t17-,18-,19+,20-,21+,23+,24-,25-,27+,28-/m1/s1. The highest BCUT2D eigenvalue weighted by Gasteiger charge is 2.48. The molecule has 0 radical (unpaired) electrons. The van der Waals surface area contributed by atoms with Crippen LogP contribution in [0.4, 0.5) is 0 Å². The van der Waals surface area contributed by atoms with Gasteiger partial charge in [0.05, 0.1) is 29.8 Å². The summed E-state index contributed by atoms with van der Waals surface area (Å²) in [5.41, 5.74) is -2.06. The van der Waals surface area contributed by atoms with Crippen LogP contribution in [0.15, 0.2) is 0 Å². The zero-order valence-electron chi connectivity index (χ0n) is 25.2. The van der Waals surface area contributed by atoms with Gasteiger partial charge in [-0.05, 0) is 59.5 Å². The number of rotatable bonds is 3. The van der Waals surface area contributed by atoms with Crippen LogP contribution in [0.1, 0.15) is 79.6 Å². The van der Waals surface area contributed by atoms with Gasteiger partial charge < -0.3 is 39.9 Å². The number of carbonyl (C=O) groups excluding carboxylic acids is 2. The van der Waals surface area contributed by atoms with Gasteiger partial charge in [0.2, 0.25) is 11.8 Å². The minimum absolute atomic E-state index is 0.0439. The first-order chi connectivity index (χ1) is 18.1. The van der Waals surface area contributed by atoms with E-state index < -0.39 is 47.6 Å². The largest absolute Gasteiger partial charge is 0.392 e. The third-order valence-electron chi connectivity index (χ3n) is 9.32. The first-order valence-corrected chi connectivity index (χ1v) is 14.7. The van der Waals surface area contributed by atoms with Crippen LogP contribution < -0.4 is 5.32 Å². The van der Waals surface area contributed by atoms with E-state index in [0.717, 1.165) is 25.7 Å². The monoisotopic (exact) mass is 555 g/mol. The van der Waals surface area contributed by atoms with Crippen molar-refractivity contribution in [2.45, 2.75) is 127 Å². The molecular formula is C29H53N3O7. The summed E-state index contributed by atoms with van der Waals surface area (Å²) >= 11 is 0. The zero-order valence-corrected chi connectivity index (χ0v) is 25.2. The van der Waals surface area contributed by atoms with Crippen molar-refractivity contribution < 1.29 is 34.4 Å². The summed E-state index contributed by atoms with van der Waals surface area (Å²) < 4.78 is 12.4. The van der Waals surface area contributed by atoms with Crippen molar-refractivity contribution in [2.24, 2.45) is 17.8 Å². The van der Waals surface area contributed by atoms with E-state index in [9.17, 15) is 24.9 Å². The lowest BCUT2D eigenvalue weighted by atomic mass is 9.77. The molecule has 226 valence electrons. The third kappa shape index (κ3) is 7.51. The number of aliphatic hydroxyl groups is 3. The molecule has 0 aromatic rings. The minimum Gasteiger partial charge on any atom is -0.392 e. The topological polar surface area (TPSA) is 132 Å². The lowest BCUT2D eigenvalue weighted by Gasteiger charge is -2.47. The summed E-state index contributed by atoms with van der Waals surface area (Å²) in [6.45, 7) is 9.43. The minimum atomic E-state index is -1.45. The van der Waals surface area contributed by atoms with Crippen LogP contribution in [-0.2, 0) is 19.1 Å². The molecule has 2 aliphatic heterocycles. The van der Waals surface area contributed by atoms with Crippen LogP contribution in [0.5, 0.6) is 0 Å². The van der Waals surface area contributed by atoms with Crippen molar-refractivity contribution in [3.05, 3.63) is 0 Å². The molecule has 4 N–H and O–H groups in total. The Morgan fingerprint density at radius 3 is 2.28 bits per heavy atom. The van der Waals surface area contributed by atoms with Gasteiger partial charge in [0.1, 0.15) is 6.10 Å². The molecule has 0 aromatic heterocycles. The summed E-state index contributed by atoms with van der Waals surface area (Å²) in [5.74, 6) is -1.91. The van der Waals surface area contributed by atoms with Gasteiger partial charge in [-0.1, -0.05) is 33.6 Å². The van der Waals surface area contributed by atoms with Gasteiger partial charge in [0, 0.05) is 37.5 Å². The van der Waals surface area contributed by atoms with Crippen LogP contribution >= 0.6 is 0 Å². The van der Waals surface area contributed by atoms with E-state index in [1.54, 1.807) is 32.7 Å². The van der Waals surface area contributed by atoms with Gasteiger partial charge in [-0.15, -0.1) is 0 Å². The summed E-state index contributed by atoms with van der Waals surface area (Å²) in [4.78, 5) is 30.3. The summed E-state index contributed by atoms with van der Waals surface area (Å²) in [7, 11) is 5.55. The Morgan fingerprint density at radius 2 is 1.69 bits per heavy atom. The number of amides is 2. The van der Waals surface area contributed by atoms with Crippen molar-refractivity contribution in [3.8, 4) is 0 Å². The molecule has 2 amide bonds. The lowest BCUT2D eigenvalue weighted by Crippen LogP contribution is -2.60. The number of nitrogens with zero attached hydrogens (tertiary/aromatic N) is 2. The average Bonchev–Trinajstić information content (AvgIpc) is 3.29. The van der Waals surface area contributed by atoms with Gasteiger partial charge in [-0.25, -0.2) is 0 Å². The number of aliphatic hydroxyl groups excluding tert-OH is 2. The fourth-order valence-electron chi connectivity index (χ4n) is 7.08.